The zero-order valence-electron chi connectivity index (χ0n) is 7.99. The Morgan fingerprint density at radius 1 is 1.86 bits per heavy atom. The van der Waals surface area contributed by atoms with E-state index >= 15 is 0 Å². The Morgan fingerprint density at radius 2 is 2.57 bits per heavy atom. The number of esters is 1. The molecule has 14 heavy (non-hydrogen) atoms. The van der Waals surface area contributed by atoms with Gasteiger partial charge < -0.3 is 14.8 Å². The van der Waals surface area contributed by atoms with Crippen LogP contribution < -0.4 is 5.32 Å². The van der Waals surface area contributed by atoms with Crippen LogP contribution in [-0.2, 0) is 14.3 Å². The molecule has 0 saturated carbocycles. The lowest BCUT2D eigenvalue weighted by Gasteiger charge is -2.27. The van der Waals surface area contributed by atoms with Crippen molar-refractivity contribution in [2.75, 3.05) is 6.54 Å². The molecule has 2 atom stereocenters. The van der Waals surface area contributed by atoms with Crippen LogP contribution in [0.2, 0.25) is 0 Å². The van der Waals surface area contributed by atoms with E-state index in [0.717, 1.165) is 0 Å². The first-order valence-electron chi connectivity index (χ1n) is 4.37. The van der Waals surface area contributed by atoms with Gasteiger partial charge in [0.05, 0.1) is 0 Å². The van der Waals surface area contributed by atoms with Gasteiger partial charge in [0.25, 0.3) is 0 Å². The number of rotatable bonds is 3. The van der Waals surface area contributed by atoms with Crippen LogP contribution in [0.15, 0.2) is 12.7 Å². The second kappa shape index (κ2) is 4.64. The largest absolute Gasteiger partial charge is 0.454 e. The minimum atomic E-state index is -0.557. The van der Waals surface area contributed by atoms with Crippen molar-refractivity contribution in [3.63, 3.8) is 0 Å². The summed E-state index contributed by atoms with van der Waals surface area (Å²) in [5.74, 6) is -0.413. The van der Waals surface area contributed by atoms with Gasteiger partial charge in [0.2, 0.25) is 0 Å². The van der Waals surface area contributed by atoms with Crippen LogP contribution >= 0.6 is 0 Å². The van der Waals surface area contributed by atoms with Gasteiger partial charge in [0.15, 0.2) is 6.10 Å². The lowest BCUT2D eigenvalue weighted by atomic mass is 10.1. The number of cyclic esters (lactones) is 1. The van der Waals surface area contributed by atoms with Gasteiger partial charge >= 0.3 is 12.1 Å². The van der Waals surface area contributed by atoms with Gasteiger partial charge in [-0.05, 0) is 6.08 Å². The number of hydrogen-bond donors (Lipinski definition) is 1. The van der Waals surface area contributed by atoms with Crippen LogP contribution in [0.1, 0.15) is 13.3 Å². The van der Waals surface area contributed by atoms with Crippen LogP contribution in [0.5, 0.6) is 0 Å². The summed E-state index contributed by atoms with van der Waals surface area (Å²) in [4.78, 5) is 21.6. The molecule has 1 heterocycles. The molecular weight excluding hydrogens is 186 g/mol. The summed E-state index contributed by atoms with van der Waals surface area (Å²) >= 11 is 0. The fraction of sp³-hybridized carbons (Fsp3) is 0.556. The quantitative estimate of drug-likeness (QED) is 0.534. The summed E-state index contributed by atoms with van der Waals surface area (Å²) in [5, 5.41) is 2.51. The third kappa shape index (κ3) is 2.76. The molecule has 1 saturated heterocycles. The molecule has 1 aliphatic heterocycles. The highest BCUT2D eigenvalue weighted by atomic mass is 16.6. The summed E-state index contributed by atoms with van der Waals surface area (Å²) in [5.41, 5.74) is 0. The zero-order chi connectivity index (χ0) is 10.6. The second-order valence-corrected chi connectivity index (χ2v) is 2.97. The van der Waals surface area contributed by atoms with Crippen molar-refractivity contribution in [2.24, 2.45) is 0 Å². The fourth-order valence-electron chi connectivity index (χ4n) is 1.25. The molecule has 1 rings (SSSR count). The molecule has 0 bridgehead atoms. The van der Waals surface area contributed by atoms with E-state index in [1.807, 2.05) is 0 Å². The van der Waals surface area contributed by atoms with Crippen molar-refractivity contribution in [1.82, 2.24) is 5.32 Å². The van der Waals surface area contributed by atoms with Crippen LogP contribution in [0.4, 0.5) is 4.79 Å². The maximum absolute atomic E-state index is 10.9. The second-order valence-electron chi connectivity index (χ2n) is 2.97. The van der Waals surface area contributed by atoms with E-state index in [-0.39, 0.29) is 0 Å². The van der Waals surface area contributed by atoms with E-state index in [4.69, 9.17) is 9.47 Å². The van der Waals surface area contributed by atoms with Crippen LogP contribution in [0, 0.1) is 0 Å². The Balaban J connectivity index is 2.54. The Morgan fingerprint density at radius 3 is 3.07 bits per heavy atom. The molecule has 1 amide bonds. The maximum atomic E-state index is 10.9. The third-order valence-electron chi connectivity index (χ3n) is 1.86. The summed E-state index contributed by atoms with van der Waals surface area (Å²) in [6.07, 6.45) is 0.601. The normalized spacial score (nSPS) is 22.9. The number of nitrogens with one attached hydrogen (secondary N) is 1. The Bertz CT molecular complexity index is 251. The highest BCUT2D eigenvalue weighted by Gasteiger charge is 2.28. The van der Waals surface area contributed by atoms with Gasteiger partial charge in [-0.15, -0.1) is 0 Å². The van der Waals surface area contributed by atoms with E-state index in [2.05, 4.69) is 11.9 Å². The van der Waals surface area contributed by atoms with Crippen molar-refractivity contribution < 1.29 is 19.1 Å². The minimum absolute atomic E-state index is 0.413. The number of carbonyl (C=O) groups is 2. The van der Waals surface area contributed by atoms with Gasteiger partial charge in [0.1, 0.15) is 6.10 Å². The van der Waals surface area contributed by atoms with Crippen LogP contribution in [0.25, 0.3) is 0 Å². The molecule has 0 aromatic heterocycles. The number of amides is 1. The molecular formula is C9H13NO4. The topological polar surface area (TPSA) is 64.6 Å². The highest BCUT2D eigenvalue weighted by Crippen LogP contribution is 2.13. The summed E-state index contributed by atoms with van der Waals surface area (Å²) in [6.45, 7) is 5.35. The van der Waals surface area contributed by atoms with Crippen molar-refractivity contribution in [3.8, 4) is 0 Å². The van der Waals surface area contributed by atoms with Crippen molar-refractivity contribution in [2.45, 2.75) is 25.6 Å². The number of alkyl carbamates (subject to hydrolysis) is 1. The number of hydrogen-bond acceptors (Lipinski definition) is 4. The summed E-state index contributed by atoms with van der Waals surface area (Å²) in [7, 11) is 0. The predicted octanol–water partition coefficient (Wildman–Crippen LogP) is 0.603. The maximum Gasteiger partial charge on any atom is 0.407 e. The van der Waals surface area contributed by atoms with E-state index in [1.54, 1.807) is 0 Å². The Hall–Kier alpha value is -1.52. The first-order valence-corrected chi connectivity index (χ1v) is 4.37. The minimum Gasteiger partial charge on any atom is -0.454 e. The van der Waals surface area contributed by atoms with E-state index < -0.39 is 24.3 Å². The van der Waals surface area contributed by atoms with Crippen LogP contribution in [-0.4, -0.2) is 30.8 Å². The lowest BCUT2D eigenvalue weighted by molar-refractivity contribution is -0.149. The standard InChI is InChI=1S/C9H13NO4/c1-3-7(13-6(2)11)8-4-5-10-9(12)14-8/h3,7-8H,1,4-5H2,2H3,(H,10,12)/t7-,8-/m1/s1. The molecule has 78 valence electrons. The average molecular weight is 199 g/mol. The molecule has 0 aromatic rings. The van der Waals surface area contributed by atoms with Crippen molar-refractivity contribution in [1.29, 1.82) is 0 Å². The van der Waals surface area contributed by atoms with Crippen LogP contribution in [0.3, 0.4) is 0 Å². The molecule has 1 aliphatic rings. The molecule has 5 nitrogen and oxygen atoms in total. The smallest absolute Gasteiger partial charge is 0.407 e. The van der Waals surface area contributed by atoms with Gasteiger partial charge in [-0.2, -0.15) is 0 Å². The molecule has 0 unspecified atom stereocenters. The van der Waals surface area contributed by atoms with Gasteiger partial charge in [-0.25, -0.2) is 4.79 Å². The van der Waals surface area contributed by atoms with E-state index in [1.165, 1.54) is 13.0 Å². The first kappa shape index (κ1) is 10.6. The van der Waals surface area contributed by atoms with Crippen molar-refractivity contribution in [3.05, 3.63) is 12.7 Å². The van der Waals surface area contributed by atoms with Gasteiger partial charge in [-0.3, -0.25) is 4.79 Å². The third-order valence-corrected chi connectivity index (χ3v) is 1.86. The monoisotopic (exact) mass is 199 g/mol. The molecule has 1 N–H and O–H groups in total. The predicted molar refractivity (Wildman–Crippen MR) is 48.6 cm³/mol. The molecule has 0 aromatic carbocycles. The van der Waals surface area contributed by atoms with E-state index in [0.29, 0.717) is 13.0 Å². The summed E-state index contributed by atoms with van der Waals surface area (Å²) in [6, 6.07) is 0. The lowest BCUT2D eigenvalue weighted by Crippen LogP contribution is -2.44. The van der Waals surface area contributed by atoms with E-state index in [9.17, 15) is 9.59 Å². The zero-order valence-corrected chi connectivity index (χ0v) is 7.99. The van der Waals surface area contributed by atoms with Crippen molar-refractivity contribution >= 4 is 12.1 Å². The average Bonchev–Trinajstić information content (AvgIpc) is 2.14. The van der Waals surface area contributed by atoms with Gasteiger partial charge in [-0.1, -0.05) is 6.58 Å². The number of ether oxygens (including phenoxy) is 2. The molecule has 0 spiro atoms. The molecule has 5 heteroatoms. The highest BCUT2D eigenvalue weighted by molar-refractivity contribution is 5.68. The first-order chi connectivity index (χ1) is 6.63. The Labute approximate surface area is 82.1 Å². The molecule has 0 aliphatic carbocycles. The van der Waals surface area contributed by atoms with Gasteiger partial charge in [0, 0.05) is 19.9 Å². The molecule has 1 fully saturated rings. The SMILES string of the molecule is C=C[C@@H](OC(C)=O)[C@H]1CCNC(=O)O1. The number of carbonyl (C=O) groups excluding carboxylic acids is 2. The molecule has 0 radical (unpaired) electrons. The fourth-order valence-corrected chi connectivity index (χ4v) is 1.25. The summed E-state index contributed by atoms with van der Waals surface area (Å²) < 4.78 is 9.87. The Kier molecular flexibility index (Phi) is 3.50.